The highest BCUT2D eigenvalue weighted by molar-refractivity contribution is 5.61. The van der Waals surface area contributed by atoms with Gasteiger partial charge in [0.2, 0.25) is 0 Å². The van der Waals surface area contributed by atoms with Gasteiger partial charge in [-0.1, -0.05) is 67.6 Å². The van der Waals surface area contributed by atoms with Crippen LogP contribution in [0.25, 0.3) is 0 Å². The summed E-state index contributed by atoms with van der Waals surface area (Å²) in [5.41, 5.74) is 2.11. The van der Waals surface area contributed by atoms with Crippen LogP contribution in [0.15, 0.2) is 65.7 Å². The van der Waals surface area contributed by atoms with Crippen molar-refractivity contribution in [3.63, 3.8) is 0 Å². The van der Waals surface area contributed by atoms with Gasteiger partial charge in [-0.3, -0.25) is 4.99 Å². The Hall–Kier alpha value is -1.93. The molecular weight excluding hydrogens is 234 g/mol. The Bertz CT molecular complexity index is 507. The van der Waals surface area contributed by atoms with Crippen LogP contribution in [0.3, 0.4) is 0 Å². The van der Waals surface area contributed by atoms with Gasteiger partial charge < -0.3 is 5.11 Å². The van der Waals surface area contributed by atoms with Gasteiger partial charge in [0.25, 0.3) is 0 Å². The number of aliphatic hydroxyl groups is 1. The van der Waals surface area contributed by atoms with Gasteiger partial charge in [-0.25, -0.2) is 0 Å². The van der Waals surface area contributed by atoms with Crippen molar-refractivity contribution in [2.24, 2.45) is 10.9 Å². The minimum atomic E-state index is -0.764. The van der Waals surface area contributed by atoms with Crippen molar-refractivity contribution in [1.29, 1.82) is 0 Å². The van der Waals surface area contributed by atoms with Crippen LogP contribution in [0.1, 0.15) is 24.3 Å². The summed E-state index contributed by atoms with van der Waals surface area (Å²) >= 11 is 0. The van der Waals surface area contributed by atoms with E-state index in [1.807, 2.05) is 54.7 Å². The smallest absolute Gasteiger partial charge is 0.170 e. The molecule has 2 heteroatoms. The van der Waals surface area contributed by atoms with Gasteiger partial charge in [0, 0.05) is 11.8 Å². The molecule has 98 valence electrons. The van der Waals surface area contributed by atoms with Crippen molar-refractivity contribution in [3.8, 4) is 0 Å². The maximum absolute atomic E-state index is 9.94. The van der Waals surface area contributed by atoms with Gasteiger partial charge >= 0.3 is 0 Å². The maximum Gasteiger partial charge on any atom is 0.170 e. The first-order chi connectivity index (χ1) is 9.25. The molecule has 0 saturated heterocycles. The van der Waals surface area contributed by atoms with Gasteiger partial charge in [-0.05, 0) is 17.9 Å². The SMILES string of the molecule is CC(C=NC(O)c1ccccc1)Cc1ccccc1. The van der Waals surface area contributed by atoms with E-state index in [-0.39, 0.29) is 0 Å². The molecule has 2 atom stereocenters. The molecule has 0 heterocycles. The first kappa shape index (κ1) is 13.5. The summed E-state index contributed by atoms with van der Waals surface area (Å²) < 4.78 is 0. The molecule has 0 fully saturated rings. The first-order valence-corrected chi connectivity index (χ1v) is 6.56. The van der Waals surface area contributed by atoms with Crippen molar-refractivity contribution >= 4 is 6.21 Å². The number of benzene rings is 2. The summed E-state index contributed by atoms with van der Waals surface area (Å²) in [6, 6.07) is 19.8. The molecule has 2 rings (SSSR count). The molecule has 2 aromatic rings. The van der Waals surface area contributed by atoms with E-state index in [9.17, 15) is 5.11 Å². The Morgan fingerprint density at radius 2 is 1.58 bits per heavy atom. The van der Waals surface area contributed by atoms with E-state index >= 15 is 0 Å². The van der Waals surface area contributed by atoms with Gasteiger partial charge in [0.15, 0.2) is 6.23 Å². The number of hydrogen-bond donors (Lipinski definition) is 1. The molecule has 2 unspecified atom stereocenters. The lowest BCUT2D eigenvalue weighted by Gasteiger charge is -2.08. The summed E-state index contributed by atoms with van der Waals surface area (Å²) in [5, 5.41) is 9.94. The zero-order valence-electron chi connectivity index (χ0n) is 11.1. The monoisotopic (exact) mass is 253 g/mol. The van der Waals surface area contributed by atoms with Gasteiger partial charge in [-0.15, -0.1) is 0 Å². The normalized spacial score (nSPS) is 14.4. The Morgan fingerprint density at radius 3 is 2.21 bits per heavy atom. The summed E-state index contributed by atoms with van der Waals surface area (Å²) in [6.45, 7) is 2.11. The van der Waals surface area contributed by atoms with E-state index in [1.54, 1.807) is 0 Å². The number of nitrogens with zero attached hydrogens (tertiary/aromatic N) is 1. The lowest BCUT2D eigenvalue weighted by Crippen LogP contribution is -2.03. The molecule has 0 bridgehead atoms. The third kappa shape index (κ3) is 4.34. The predicted octanol–water partition coefficient (Wildman–Crippen LogP) is 3.63. The average Bonchev–Trinajstić information content (AvgIpc) is 2.47. The Kier molecular flexibility index (Phi) is 4.87. The van der Waals surface area contributed by atoms with Gasteiger partial charge in [0.1, 0.15) is 0 Å². The van der Waals surface area contributed by atoms with E-state index in [0.717, 1.165) is 12.0 Å². The largest absolute Gasteiger partial charge is 0.368 e. The second-order valence-electron chi connectivity index (χ2n) is 4.75. The molecule has 19 heavy (non-hydrogen) atoms. The zero-order valence-corrected chi connectivity index (χ0v) is 11.1. The van der Waals surface area contributed by atoms with E-state index in [4.69, 9.17) is 0 Å². The standard InChI is InChI=1S/C17H19NO/c1-14(12-15-8-4-2-5-9-15)13-18-17(19)16-10-6-3-7-11-16/h2-11,13-14,17,19H,12H2,1H3. The highest BCUT2D eigenvalue weighted by Gasteiger charge is 2.04. The van der Waals surface area contributed by atoms with Crippen LogP contribution in [-0.2, 0) is 6.42 Å². The van der Waals surface area contributed by atoms with E-state index in [0.29, 0.717) is 5.92 Å². The third-order valence-corrected chi connectivity index (χ3v) is 2.98. The maximum atomic E-state index is 9.94. The molecule has 0 radical (unpaired) electrons. The zero-order chi connectivity index (χ0) is 13.5. The fourth-order valence-electron chi connectivity index (χ4n) is 1.98. The molecule has 2 aromatic carbocycles. The van der Waals surface area contributed by atoms with Crippen molar-refractivity contribution in [3.05, 3.63) is 71.8 Å². The lowest BCUT2D eigenvalue weighted by atomic mass is 10.0. The Morgan fingerprint density at radius 1 is 1.00 bits per heavy atom. The van der Waals surface area contributed by atoms with Crippen molar-refractivity contribution in [2.45, 2.75) is 19.6 Å². The topological polar surface area (TPSA) is 32.6 Å². The van der Waals surface area contributed by atoms with Crippen LogP contribution in [0, 0.1) is 5.92 Å². The molecule has 0 amide bonds. The lowest BCUT2D eigenvalue weighted by molar-refractivity contribution is 0.189. The molecule has 0 aliphatic carbocycles. The second-order valence-corrected chi connectivity index (χ2v) is 4.75. The third-order valence-electron chi connectivity index (χ3n) is 2.98. The average molecular weight is 253 g/mol. The number of aliphatic hydroxyl groups excluding tert-OH is 1. The van der Waals surface area contributed by atoms with Crippen molar-refractivity contribution in [1.82, 2.24) is 0 Å². The second kappa shape index (κ2) is 6.86. The quantitative estimate of drug-likeness (QED) is 0.811. The molecule has 0 saturated carbocycles. The molecule has 0 aliphatic heterocycles. The number of hydrogen-bond acceptors (Lipinski definition) is 2. The van der Waals surface area contributed by atoms with Crippen LogP contribution in [0.5, 0.6) is 0 Å². The van der Waals surface area contributed by atoms with Crippen LogP contribution < -0.4 is 0 Å². The molecule has 0 aliphatic rings. The van der Waals surface area contributed by atoms with Gasteiger partial charge in [0.05, 0.1) is 0 Å². The molecule has 0 spiro atoms. The van der Waals surface area contributed by atoms with Gasteiger partial charge in [-0.2, -0.15) is 0 Å². The highest BCUT2D eigenvalue weighted by Crippen LogP contribution is 2.14. The summed E-state index contributed by atoms with van der Waals surface area (Å²) in [5.74, 6) is 0.306. The molecule has 2 nitrogen and oxygen atoms in total. The highest BCUT2D eigenvalue weighted by atomic mass is 16.3. The van der Waals surface area contributed by atoms with Crippen LogP contribution in [0.2, 0.25) is 0 Å². The fourth-order valence-corrected chi connectivity index (χ4v) is 1.98. The van der Waals surface area contributed by atoms with Crippen LogP contribution >= 0.6 is 0 Å². The van der Waals surface area contributed by atoms with Crippen molar-refractivity contribution in [2.75, 3.05) is 0 Å². The van der Waals surface area contributed by atoms with E-state index < -0.39 is 6.23 Å². The number of aliphatic imine (C=N–C) groups is 1. The van der Waals surface area contributed by atoms with Crippen molar-refractivity contribution < 1.29 is 5.11 Å². The fraction of sp³-hybridized carbons (Fsp3) is 0.235. The predicted molar refractivity (Wildman–Crippen MR) is 79.2 cm³/mol. The van der Waals surface area contributed by atoms with Crippen LogP contribution in [0.4, 0.5) is 0 Å². The summed E-state index contributed by atoms with van der Waals surface area (Å²) in [7, 11) is 0. The van der Waals surface area contributed by atoms with E-state index in [1.165, 1.54) is 5.56 Å². The first-order valence-electron chi connectivity index (χ1n) is 6.56. The molecular formula is C17H19NO. The molecule has 0 aromatic heterocycles. The minimum absolute atomic E-state index is 0.306. The Balaban J connectivity index is 1.91. The Labute approximate surface area is 114 Å². The minimum Gasteiger partial charge on any atom is -0.368 e. The van der Waals surface area contributed by atoms with E-state index in [2.05, 4.69) is 24.0 Å². The summed E-state index contributed by atoms with van der Waals surface area (Å²) in [4.78, 5) is 4.22. The number of rotatable bonds is 5. The summed E-state index contributed by atoms with van der Waals surface area (Å²) in [6.07, 6.45) is 2.01. The molecule has 1 N–H and O–H groups in total. The van der Waals surface area contributed by atoms with Crippen LogP contribution in [-0.4, -0.2) is 11.3 Å².